The summed E-state index contributed by atoms with van der Waals surface area (Å²) in [5.41, 5.74) is 5.10. The molecule has 0 fully saturated rings. The zero-order valence-electron chi connectivity index (χ0n) is 18.7. The molecule has 0 aromatic heterocycles. The molecule has 0 radical (unpaired) electrons. The summed E-state index contributed by atoms with van der Waals surface area (Å²) in [6.07, 6.45) is 2.95. The first-order valence-electron chi connectivity index (χ1n) is 10.2. The lowest BCUT2D eigenvalue weighted by molar-refractivity contribution is -0.117. The van der Waals surface area contributed by atoms with Gasteiger partial charge in [0.1, 0.15) is 11.4 Å². The van der Waals surface area contributed by atoms with Gasteiger partial charge in [0.05, 0.1) is 15.2 Å². The number of halogens is 3. The summed E-state index contributed by atoms with van der Waals surface area (Å²) in [6, 6.07) is 17.8. The molecule has 3 N–H and O–H groups in total. The van der Waals surface area contributed by atoms with Gasteiger partial charge in [-0.05, 0) is 73.8 Å². The van der Waals surface area contributed by atoms with Crippen LogP contribution in [0.15, 0.2) is 84.9 Å². The van der Waals surface area contributed by atoms with Crippen LogP contribution in [0.2, 0.25) is 0 Å². The Bertz CT molecular complexity index is 1290. The Balaban J connectivity index is 1.86. The highest BCUT2D eigenvalue weighted by Crippen LogP contribution is 2.38. The first-order chi connectivity index (χ1) is 16.7. The van der Waals surface area contributed by atoms with E-state index in [-0.39, 0.29) is 11.4 Å². The van der Waals surface area contributed by atoms with Crippen LogP contribution in [0.1, 0.15) is 21.5 Å². The zero-order chi connectivity index (χ0) is 25.5. The van der Waals surface area contributed by atoms with E-state index < -0.39 is 11.8 Å². The predicted octanol–water partition coefficient (Wildman–Crippen LogP) is 5.67. The number of nitrogens with one attached hydrogen (secondary N) is 2. The Kier molecular flexibility index (Phi) is 9.25. The number of phenols is 1. The Labute approximate surface area is 228 Å². The van der Waals surface area contributed by atoms with Crippen molar-refractivity contribution in [1.29, 1.82) is 0 Å². The maximum absolute atomic E-state index is 13.0. The van der Waals surface area contributed by atoms with Gasteiger partial charge in [-0.25, -0.2) is 5.43 Å². The topological polar surface area (TPSA) is 94.0 Å². The van der Waals surface area contributed by atoms with Gasteiger partial charge in [-0.15, -0.1) is 0 Å². The number of benzene rings is 3. The second-order valence-electron chi connectivity index (χ2n) is 7.48. The molecule has 0 spiro atoms. The molecule has 3 aromatic rings. The Morgan fingerprint density at radius 2 is 1.63 bits per heavy atom. The van der Waals surface area contributed by atoms with Gasteiger partial charge >= 0.3 is 0 Å². The molecule has 2 amide bonds. The van der Waals surface area contributed by atoms with Crippen molar-refractivity contribution >= 4 is 77.6 Å². The van der Waals surface area contributed by atoms with E-state index >= 15 is 0 Å². The van der Waals surface area contributed by atoms with E-state index in [1.165, 1.54) is 6.21 Å². The van der Waals surface area contributed by atoms with Crippen molar-refractivity contribution in [3.05, 3.63) is 96.5 Å². The van der Waals surface area contributed by atoms with E-state index in [1.54, 1.807) is 42.5 Å². The molecule has 10 heteroatoms. The zero-order valence-corrected chi connectivity index (χ0v) is 23.5. The molecule has 0 saturated carbocycles. The summed E-state index contributed by atoms with van der Waals surface area (Å²) < 4.78 is 1.53. The van der Waals surface area contributed by atoms with E-state index in [9.17, 15) is 14.7 Å². The molecule has 0 unspecified atom stereocenters. The number of aromatic hydroxyl groups is 1. The average Bonchev–Trinajstić information content (AvgIpc) is 2.85. The lowest BCUT2D eigenvalue weighted by Crippen LogP contribution is -2.32. The highest BCUT2D eigenvalue weighted by Gasteiger charge is 2.15. The maximum Gasteiger partial charge on any atom is 0.287 e. The molecule has 3 aromatic carbocycles. The molecular weight excluding hydrogens is 644 g/mol. The third-order valence-corrected chi connectivity index (χ3v) is 6.85. The maximum atomic E-state index is 13.0. The highest BCUT2D eigenvalue weighted by atomic mass is 79.9. The van der Waals surface area contributed by atoms with Gasteiger partial charge in [-0.2, -0.15) is 5.10 Å². The Hall–Kier alpha value is -2.95. The smallest absolute Gasteiger partial charge is 0.287 e. The van der Waals surface area contributed by atoms with Crippen molar-refractivity contribution in [2.75, 3.05) is 19.0 Å². The van der Waals surface area contributed by atoms with Gasteiger partial charge in [0, 0.05) is 35.4 Å². The summed E-state index contributed by atoms with van der Waals surface area (Å²) in [7, 11) is 3.87. The third-order valence-electron chi connectivity index (χ3n) is 4.79. The molecule has 0 aliphatic rings. The summed E-state index contributed by atoms with van der Waals surface area (Å²) in [5.74, 6) is -1.04. The lowest BCUT2D eigenvalue weighted by Gasteiger charge is -2.13. The molecule has 0 atom stereocenters. The van der Waals surface area contributed by atoms with Gasteiger partial charge in [0.25, 0.3) is 11.8 Å². The first kappa shape index (κ1) is 26.7. The van der Waals surface area contributed by atoms with Crippen LogP contribution in [-0.2, 0) is 4.79 Å². The minimum Gasteiger partial charge on any atom is -0.506 e. The van der Waals surface area contributed by atoms with Crippen LogP contribution in [0.25, 0.3) is 6.08 Å². The molecule has 0 aliphatic carbocycles. The van der Waals surface area contributed by atoms with Gasteiger partial charge in [0.15, 0.2) is 0 Å². The van der Waals surface area contributed by atoms with Crippen molar-refractivity contribution in [1.82, 2.24) is 10.7 Å². The second kappa shape index (κ2) is 12.1. The normalized spacial score (nSPS) is 11.4. The van der Waals surface area contributed by atoms with Crippen molar-refractivity contribution in [3.63, 3.8) is 0 Å². The minimum atomic E-state index is -0.615. The van der Waals surface area contributed by atoms with Crippen LogP contribution >= 0.6 is 47.8 Å². The minimum absolute atomic E-state index is 0.00198. The number of rotatable bonds is 7. The number of anilines is 1. The predicted molar refractivity (Wildman–Crippen MR) is 150 cm³/mol. The van der Waals surface area contributed by atoms with Gasteiger partial charge in [-0.1, -0.05) is 46.3 Å². The molecule has 0 bridgehead atoms. The number of amides is 2. The fraction of sp³-hybridized carbons (Fsp3) is 0.0800. The lowest BCUT2D eigenvalue weighted by atomic mass is 10.1. The highest BCUT2D eigenvalue weighted by molar-refractivity contribution is 9.11. The van der Waals surface area contributed by atoms with Crippen LogP contribution in [0.5, 0.6) is 5.75 Å². The summed E-state index contributed by atoms with van der Waals surface area (Å²) in [6.45, 7) is 0. The number of hydrogen-bond acceptors (Lipinski definition) is 5. The van der Waals surface area contributed by atoms with Crippen molar-refractivity contribution in [2.24, 2.45) is 5.10 Å². The number of nitrogens with zero attached hydrogens (tertiary/aromatic N) is 2. The molecule has 3 rings (SSSR count). The van der Waals surface area contributed by atoms with Gasteiger partial charge < -0.3 is 15.3 Å². The van der Waals surface area contributed by atoms with E-state index in [4.69, 9.17) is 0 Å². The molecule has 180 valence electrons. The molecule has 0 aliphatic heterocycles. The van der Waals surface area contributed by atoms with Crippen LogP contribution in [0, 0.1) is 0 Å². The van der Waals surface area contributed by atoms with Gasteiger partial charge in [0.2, 0.25) is 0 Å². The van der Waals surface area contributed by atoms with E-state index in [0.29, 0.717) is 24.5 Å². The van der Waals surface area contributed by atoms with Crippen molar-refractivity contribution < 1.29 is 14.7 Å². The monoisotopic (exact) mass is 662 g/mol. The SMILES string of the molecule is CN(C)c1ccc(/C=C(\NC(=O)c2ccccc2)C(=O)N/N=C/c2c(Br)cc(Br)c(O)c2Br)cc1. The first-order valence-corrected chi connectivity index (χ1v) is 12.6. The quantitative estimate of drug-likeness (QED) is 0.173. The van der Waals surface area contributed by atoms with Crippen LogP contribution in [0.4, 0.5) is 5.69 Å². The largest absolute Gasteiger partial charge is 0.506 e. The summed E-state index contributed by atoms with van der Waals surface area (Å²) in [5, 5.41) is 16.8. The van der Waals surface area contributed by atoms with Crippen molar-refractivity contribution in [2.45, 2.75) is 0 Å². The van der Waals surface area contributed by atoms with Gasteiger partial charge in [-0.3, -0.25) is 9.59 Å². The van der Waals surface area contributed by atoms with E-state index in [1.807, 2.05) is 43.3 Å². The van der Waals surface area contributed by atoms with Crippen LogP contribution in [0.3, 0.4) is 0 Å². The second-order valence-corrected chi connectivity index (χ2v) is 9.98. The summed E-state index contributed by atoms with van der Waals surface area (Å²) in [4.78, 5) is 27.7. The number of hydrogen-bond donors (Lipinski definition) is 3. The Morgan fingerprint density at radius 1 is 0.971 bits per heavy atom. The molecule has 0 saturated heterocycles. The standard InChI is InChI=1S/C25H21Br3N4O3/c1-32(2)17-10-8-15(9-11-17)12-21(30-24(34)16-6-4-3-5-7-16)25(35)31-29-14-18-19(26)13-20(27)23(33)22(18)28/h3-14,33H,1-2H3,(H,30,34)(H,31,35)/b21-12-,29-14+. The number of carbonyl (C=O) groups excluding carboxylic acids is 2. The fourth-order valence-corrected chi connectivity index (χ4v) is 5.23. The van der Waals surface area contributed by atoms with Crippen LogP contribution in [-0.4, -0.2) is 37.2 Å². The third kappa shape index (κ3) is 7.03. The van der Waals surface area contributed by atoms with Crippen LogP contribution < -0.4 is 15.6 Å². The number of carbonyl (C=O) groups is 2. The molecule has 0 heterocycles. The molecule has 35 heavy (non-hydrogen) atoms. The van der Waals surface area contributed by atoms with E-state index in [2.05, 4.69) is 63.6 Å². The van der Waals surface area contributed by atoms with Crippen molar-refractivity contribution in [3.8, 4) is 5.75 Å². The molecular formula is C25H21Br3N4O3. The fourth-order valence-electron chi connectivity index (χ4n) is 2.91. The number of phenolic OH excluding ortho intramolecular Hbond substituents is 1. The molecule has 7 nitrogen and oxygen atoms in total. The van der Waals surface area contributed by atoms with E-state index in [0.717, 1.165) is 11.3 Å². The summed E-state index contributed by atoms with van der Waals surface area (Å²) >= 11 is 9.96. The Morgan fingerprint density at radius 3 is 2.26 bits per heavy atom. The number of hydrazone groups is 1. The average molecular weight is 665 g/mol.